The second kappa shape index (κ2) is 5.89. The number of benzene rings is 2. The Hall–Kier alpha value is -1.80. The van der Waals surface area contributed by atoms with Gasteiger partial charge in [0.05, 0.1) is 6.54 Å². The van der Waals surface area contributed by atoms with Crippen LogP contribution in [0.1, 0.15) is 21.5 Å². The van der Waals surface area contributed by atoms with Crippen LogP contribution in [0.25, 0.3) is 0 Å². The summed E-state index contributed by atoms with van der Waals surface area (Å²) in [4.78, 5) is 12.0. The standard InChI is InChI=1S/C16H16ClNO/c1-11-3-6-13(7-4-11)16(19)10-18-15-9-14(17)8-5-12(15)2/h3-9,18H,10H2,1-2H3. The van der Waals surface area contributed by atoms with Gasteiger partial charge >= 0.3 is 0 Å². The molecule has 0 saturated heterocycles. The number of halogens is 1. The third-order valence-corrected chi connectivity index (χ3v) is 3.25. The van der Waals surface area contributed by atoms with Gasteiger partial charge in [-0.15, -0.1) is 0 Å². The predicted octanol–water partition coefficient (Wildman–Crippen LogP) is 4.25. The smallest absolute Gasteiger partial charge is 0.181 e. The lowest BCUT2D eigenvalue weighted by Crippen LogP contribution is -2.14. The molecule has 19 heavy (non-hydrogen) atoms. The maximum absolute atomic E-state index is 12.0. The van der Waals surface area contributed by atoms with E-state index < -0.39 is 0 Å². The number of hydrogen-bond acceptors (Lipinski definition) is 2. The second-order valence-electron chi connectivity index (χ2n) is 4.60. The molecule has 0 fully saturated rings. The minimum absolute atomic E-state index is 0.0689. The molecule has 0 spiro atoms. The Balaban J connectivity index is 2.04. The summed E-state index contributed by atoms with van der Waals surface area (Å²) in [5.41, 5.74) is 3.84. The van der Waals surface area contributed by atoms with Crippen LogP contribution in [0.5, 0.6) is 0 Å². The second-order valence-corrected chi connectivity index (χ2v) is 5.04. The van der Waals surface area contributed by atoms with Gasteiger partial charge in [0, 0.05) is 16.3 Å². The zero-order valence-corrected chi connectivity index (χ0v) is 11.8. The maximum atomic E-state index is 12.0. The third-order valence-electron chi connectivity index (χ3n) is 3.01. The van der Waals surface area contributed by atoms with Crippen molar-refractivity contribution in [2.45, 2.75) is 13.8 Å². The summed E-state index contributed by atoms with van der Waals surface area (Å²) in [6, 6.07) is 13.2. The van der Waals surface area contributed by atoms with Crippen LogP contribution in [0.4, 0.5) is 5.69 Å². The molecule has 0 radical (unpaired) electrons. The number of nitrogens with one attached hydrogen (secondary N) is 1. The van der Waals surface area contributed by atoms with Crippen molar-refractivity contribution in [2.75, 3.05) is 11.9 Å². The molecule has 0 aromatic heterocycles. The van der Waals surface area contributed by atoms with Crippen LogP contribution in [0, 0.1) is 13.8 Å². The topological polar surface area (TPSA) is 29.1 Å². The van der Waals surface area contributed by atoms with Crippen molar-refractivity contribution in [3.8, 4) is 0 Å². The zero-order valence-electron chi connectivity index (χ0n) is 11.0. The van der Waals surface area contributed by atoms with Crippen LogP contribution in [0.15, 0.2) is 42.5 Å². The Bertz CT molecular complexity index is 590. The van der Waals surface area contributed by atoms with Gasteiger partial charge in [-0.1, -0.05) is 47.5 Å². The molecule has 0 amide bonds. The highest BCUT2D eigenvalue weighted by atomic mass is 35.5. The van der Waals surface area contributed by atoms with Gasteiger partial charge in [-0.3, -0.25) is 4.79 Å². The van der Waals surface area contributed by atoms with Gasteiger partial charge in [0.25, 0.3) is 0 Å². The van der Waals surface area contributed by atoms with E-state index in [2.05, 4.69) is 5.32 Å². The van der Waals surface area contributed by atoms with Crippen LogP contribution in [0.3, 0.4) is 0 Å². The van der Waals surface area contributed by atoms with E-state index in [1.807, 2.05) is 56.3 Å². The van der Waals surface area contributed by atoms with Crippen molar-refractivity contribution in [3.63, 3.8) is 0 Å². The first-order chi connectivity index (χ1) is 9.06. The highest BCUT2D eigenvalue weighted by Gasteiger charge is 2.06. The first kappa shape index (κ1) is 13.6. The molecule has 0 bridgehead atoms. The molecular formula is C16H16ClNO. The van der Waals surface area contributed by atoms with Crippen LogP contribution in [-0.2, 0) is 0 Å². The molecule has 2 aromatic carbocycles. The average Bonchev–Trinajstić information content (AvgIpc) is 2.40. The number of rotatable bonds is 4. The lowest BCUT2D eigenvalue weighted by atomic mass is 10.1. The highest BCUT2D eigenvalue weighted by molar-refractivity contribution is 6.30. The first-order valence-corrected chi connectivity index (χ1v) is 6.54. The molecule has 3 heteroatoms. The largest absolute Gasteiger partial charge is 0.377 e. The van der Waals surface area contributed by atoms with Crippen LogP contribution in [-0.4, -0.2) is 12.3 Å². The summed E-state index contributed by atoms with van der Waals surface area (Å²) in [6.45, 7) is 4.25. The number of carbonyl (C=O) groups excluding carboxylic acids is 1. The monoisotopic (exact) mass is 273 g/mol. The van der Waals surface area contributed by atoms with Crippen molar-refractivity contribution in [2.24, 2.45) is 0 Å². The molecule has 0 heterocycles. The minimum atomic E-state index is 0.0689. The van der Waals surface area contributed by atoms with E-state index in [-0.39, 0.29) is 12.3 Å². The van der Waals surface area contributed by atoms with Crippen molar-refractivity contribution in [1.82, 2.24) is 0 Å². The Morgan fingerprint density at radius 3 is 2.47 bits per heavy atom. The predicted molar refractivity (Wildman–Crippen MR) is 80.2 cm³/mol. The van der Waals surface area contributed by atoms with Crippen LogP contribution < -0.4 is 5.32 Å². The quantitative estimate of drug-likeness (QED) is 0.844. The molecule has 0 saturated carbocycles. The number of aryl methyl sites for hydroxylation is 2. The summed E-state index contributed by atoms with van der Waals surface area (Å²) >= 11 is 5.94. The van der Waals surface area contributed by atoms with Gasteiger partial charge in [0.2, 0.25) is 0 Å². The van der Waals surface area contributed by atoms with Gasteiger partial charge in [-0.25, -0.2) is 0 Å². The normalized spacial score (nSPS) is 10.3. The zero-order chi connectivity index (χ0) is 13.8. The number of hydrogen-bond donors (Lipinski definition) is 1. The summed E-state index contributed by atoms with van der Waals surface area (Å²) in [6.07, 6.45) is 0. The molecule has 2 rings (SSSR count). The van der Waals surface area contributed by atoms with E-state index in [9.17, 15) is 4.79 Å². The molecule has 0 aliphatic heterocycles. The number of ketones is 1. The summed E-state index contributed by atoms with van der Waals surface area (Å²) in [5.74, 6) is 0.0689. The SMILES string of the molecule is Cc1ccc(C(=O)CNc2cc(Cl)ccc2C)cc1. The van der Waals surface area contributed by atoms with Crippen molar-refractivity contribution in [3.05, 3.63) is 64.2 Å². The molecular weight excluding hydrogens is 258 g/mol. The van der Waals surface area contributed by atoms with E-state index in [1.54, 1.807) is 0 Å². The van der Waals surface area contributed by atoms with E-state index in [1.165, 1.54) is 0 Å². The van der Waals surface area contributed by atoms with Gasteiger partial charge in [0.15, 0.2) is 5.78 Å². The van der Waals surface area contributed by atoms with Crippen molar-refractivity contribution >= 4 is 23.1 Å². The number of carbonyl (C=O) groups is 1. The summed E-state index contributed by atoms with van der Waals surface area (Å²) in [5, 5.41) is 3.80. The Labute approximate surface area is 118 Å². The highest BCUT2D eigenvalue weighted by Crippen LogP contribution is 2.20. The fourth-order valence-electron chi connectivity index (χ4n) is 1.80. The Kier molecular flexibility index (Phi) is 4.23. The summed E-state index contributed by atoms with van der Waals surface area (Å²) in [7, 11) is 0. The van der Waals surface area contributed by atoms with E-state index in [4.69, 9.17) is 11.6 Å². The Morgan fingerprint density at radius 2 is 1.79 bits per heavy atom. The fraction of sp³-hybridized carbons (Fsp3) is 0.188. The molecule has 2 nitrogen and oxygen atoms in total. The minimum Gasteiger partial charge on any atom is -0.377 e. The third kappa shape index (κ3) is 3.58. The lowest BCUT2D eigenvalue weighted by molar-refractivity contribution is 0.101. The van der Waals surface area contributed by atoms with Crippen molar-refractivity contribution in [1.29, 1.82) is 0 Å². The van der Waals surface area contributed by atoms with Gasteiger partial charge in [-0.05, 0) is 31.5 Å². The van der Waals surface area contributed by atoms with Crippen LogP contribution >= 0.6 is 11.6 Å². The first-order valence-electron chi connectivity index (χ1n) is 6.16. The molecule has 0 atom stereocenters. The van der Waals surface area contributed by atoms with Crippen LogP contribution in [0.2, 0.25) is 5.02 Å². The molecule has 0 aliphatic carbocycles. The number of anilines is 1. The molecule has 1 N–H and O–H groups in total. The maximum Gasteiger partial charge on any atom is 0.181 e. The lowest BCUT2D eigenvalue weighted by Gasteiger charge is -2.09. The van der Waals surface area contributed by atoms with Gasteiger partial charge < -0.3 is 5.32 Å². The average molecular weight is 274 g/mol. The van der Waals surface area contributed by atoms with Crippen molar-refractivity contribution < 1.29 is 4.79 Å². The van der Waals surface area contributed by atoms with Gasteiger partial charge in [0.1, 0.15) is 0 Å². The molecule has 0 unspecified atom stereocenters. The molecule has 2 aromatic rings. The van der Waals surface area contributed by atoms with Gasteiger partial charge in [-0.2, -0.15) is 0 Å². The molecule has 98 valence electrons. The van der Waals surface area contributed by atoms with E-state index in [0.717, 1.165) is 22.4 Å². The fourth-order valence-corrected chi connectivity index (χ4v) is 1.97. The Morgan fingerprint density at radius 1 is 1.11 bits per heavy atom. The number of Topliss-reactive ketones (excluding diaryl/α,β-unsaturated/α-hetero) is 1. The van der Waals surface area contributed by atoms with E-state index in [0.29, 0.717) is 5.02 Å². The van der Waals surface area contributed by atoms with E-state index >= 15 is 0 Å². The summed E-state index contributed by atoms with van der Waals surface area (Å²) < 4.78 is 0. The molecule has 0 aliphatic rings.